The van der Waals surface area contributed by atoms with E-state index in [0.717, 1.165) is 3.57 Å². The molecule has 0 atom stereocenters. The second-order valence-electron chi connectivity index (χ2n) is 2.64. The fourth-order valence-electron chi connectivity index (χ4n) is 1.03. The Balaban J connectivity index is 2.26. The number of H-pyrrole nitrogens is 1. The number of nitrogens with zero attached hydrogens (tertiary/aromatic N) is 2. The standard InChI is InChI=1S/C7H6IN3O3/c8-4-1-9-11(2-4)3-5-6(12)10-7(13)14-5/h1-2,12H,3H2,(H,10,13). The minimum absolute atomic E-state index is 0.175. The molecule has 7 heteroatoms. The van der Waals surface area contributed by atoms with E-state index in [0.29, 0.717) is 0 Å². The molecule has 0 unspecified atom stereocenters. The Morgan fingerprint density at radius 1 is 1.71 bits per heavy atom. The van der Waals surface area contributed by atoms with Gasteiger partial charge in [0.05, 0.1) is 9.77 Å². The molecule has 0 radical (unpaired) electrons. The molecule has 2 N–H and O–H groups in total. The zero-order valence-electron chi connectivity index (χ0n) is 6.90. The van der Waals surface area contributed by atoms with Gasteiger partial charge >= 0.3 is 5.76 Å². The van der Waals surface area contributed by atoms with Crippen LogP contribution >= 0.6 is 22.6 Å². The minimum atomic E-state index is -0.667. The third kappa shape index (κ3) is 1.81. The van der Waals surface area contributed by atoms with E-state index < -0.39 is 5.76 Å². The van der Waals surface area contributed by atoms with Gasteiger partial charge in [0, 0.05) is 6.20 Å². The summed E-state index contributed by atoms with van der Waals surface area (Å²) >= 11 is 2.11. The lowest BCUT2D eigenvalue weighted by atomic mass is 10.5. The summed E-state index contributed by atoms with van der Waals surface area (Å²) in [7, 11) is 0. The summed E-state index contributed by atoms with van der Waals surface area (Å²) in [4.78, 5) is 12.8. The molecule has 0 saturated heterocycles. The number of oxazole rings is 1. The van der Waals surface area contributed by atoms with E-state index in [2.05, 4.69) is 32.7 Å². The van der Waals surface area contributed by atoms with Gasteiger partial charge in [0.25, 0.3) is 0 Å². The highest BCUT2D eigenvalue weighted by molar-refractivity contribution is 14.1. The van der Waals surface area contributed by atoms with E-state index in [9.17, 15) is 9.90 Å². The molecular weight excluding hydrogens is 301 g/mol. The van der Waals surface area contributed by atoms with Gasteiger partial charge in [0.2, 0.25) is 5.88 Å². The normalized spacial score (nSPS) is 10.6. The van der Waals surface area contributed by atoms with Crippen LogP contribution < -0.4 is 5.76 Å². The summed E-state index contributed by atoms with van der Waals surface area (Å²) in [5, 5.41) is 13.2. The van der Waals surface area contributed by atoms with Gasteiger partial charge in [-0.15, -0.1) is 0 Å². The molecule has 2 heterocycles. The zero-order chi connectivity index (χ0) is 10.1. The van der Waals surface area contributed by atoms with Crippen molar-refractivity contribution < 1.29 is 9.52 Å². The summed E-state index contributed by atoms with van der Waals surface area (Å²) in [5.41, 5.74) is 0. The van der Waals surface area contributed by atoms with Gasteiger partial charge in [-0.25, -0.2) is 4.79 Å². The lowest BCUT2D eigenvalue weighted by Gasteiger charge is -1.95. The molecule has 0 aliphatic carbocycles. The highest BCUT2D eigenvalue weighted by Crippen LogP contribution is 2.12. The molecule has 0 aliphatic rings. The van der Waals surface area contributed by atoms with E-state index in [4.69, 9.17) is 4.42 Å². The van der Waals surface area contributed by atoms with Crippen LogP contribution in [0.4, 0.5) is 0 Å². The summed E-state index contributed by atoms with van der Waals surface area (Å²) in [5.74, 6) is -0.741. The van der Waals surface area contributed by atoms with Gasteiger partial charge in [0.15, 0.2) is 5.76 Å². The molecule has 0 spiro atoms. The average molecular weight is 307 g/mol. The highest BCUT2D eigenvalue weighted by atomic mass is 127. The first-order chi connectivity index (χ1) is 6.65. The number of nitrogens with one attached hydrogen (secondary N) is 1. The number of halogens is 1. The van der Waals surface area contributed by atoms with Gasteiger partial charge in [-0.3, -0.25) is 9.67 Å². The fraction of sp³-hybridized carbons (Fsp3) is 0.143. The molecule has 14 heavy (non-hydrogen) atoms. The van der Waals surface area contributed by atoms with Crippen molar-refractivity contribution in [2.75, 3.05) is 0 Å². The molecular formula is C7H6IN3O3. The average Bonchev–Trinajstić information content (AvgIpc) is 2.61. The Kier molecular flexibility index (Phi) is 2.32. The summed E-state index contributed by atoms with van der Waals surface area (Å²) in [6, 6.07) is 0. The topological polar surface area (TPSA) is 84.0 Å². The van der Waals surface area contributed by atoms with Gasteiger partial charge in [-0.05, 0) is 22.6 Å². The van der Waals surface area contributed by atoms with Crippen molar-refractivity contribution in [3.8, 4) is 5.88 Å². The predicted octanol–water partition coefficient (Wildman–Crippen LogP) is 0.523. The molecule has 0 amide bonds. The molecule has 0 fully saturated rings. The number of aromatic nitrogens is 3. The molecule has 0 bridgehead atoms. The zero-order valence-corrected chi connectivity index (χ0v) is 9.06. The van der Waals surface area contributed by atoms with Crippen molar-refractivity contribution in [1.82, 2.24) is 14.8 Å². The molecule has 0 aromatic carbocycles. The number of hydrogen-bond acceptors (Lipinski definition) is 4. The summed E-state index contributed by atoms with van der Waals surface area (Å²) in [6.45, 7) is 0.230. The maximum absolute atomic E-state index is 10.7. The van der Waals surface area contributed by atoms with Crippen molar-refractivity contribution >= 4 is 22.6 Å². The largest absolute Gasteiger partial charge is 0.492 e. The monoisotopic (exact) mass is 307 g/mol. The minimum Gasteiger partial charge on any atom is -0.492 e. The summed E-state index contributed by atoms with van der Waals surface area (Å²) in [6.07, 6.45) is 3.44. The molecule has 6 nitrogen and oxygen atoms in total. The van der Waals surface area contributed by atoms with Crippen molar-refractivity contribution in [3.05, 3.63) is 32.3 Å². The van der Waals surface area contributed by atoms with Crippen LogP contribution in [0.2, 0.25) is 0 Å². The lowest BCUT2D eigenvalue weighted by Crippen LogP contribution is -1.99. The number of aromatic amines is 1. The van der Waals surface area contributed by atoms with Crippen LogP contribution in [0.5, 0.6) is 5.88 Å². The Hall–Kier alpha value is -1.25. The van der Waals surface area contributed by atoms with Crippen molar-refractivity contribution in [1.29, 1.82) is 0 Å². The molecule has 2 aromatic heterocycles. The van der Waals surface area contributed by atoms with E-state index in [1.165, 1.54) is 0 Å². The first kappa shape index (κ1) is 9.31. The van der Waals surface area contributed by atoms with Gasteiger partial charge in [-0.2, -0.15) is 5.10 Å². The number of aromatic hydroxyl groups is 1. The van der Waals surface area contributed by atoms with Crippen LogP contribution in [0.25, 0.3) is 0 Å². The van der Waals surface area contributed by atoms with E-state index in [-0.39, 0.29) is 18.2 Å². The Labute approximate surface area is 91.7 Å². The van der Waals surface area contributed by atoms with Gasteiger partial charge < -0.3 is 9.52 Å². The maximum atomic E-state index is 10.7. The maximum Gasteiger partial charge on any atom is 0.419 e. The molecule has 74 valence electrons. The Morgan fingerprint density at radius 3 is 3.00 bits per heavy atom. The van der Waals surface area contributed by atoms with Crippen LogP contribution in [-0.4, -0.2) is 19.9 Å². The number of rotatable bonds is 2. The van der Waals surface area contributed by atoms with E-state index >= 15 is 0 Å². The van der Waals surface area contributed by atoms with E-state index in [1.807, 2.05) is 0 Å². The van der Waals surface area contributed by atoms with Crippen LogP contribution in [0.3, 0.4) is 0 Å². The Morgan fingerprint density at radius 2 is 2.50 bits per heavy atom. The van der Waals surface area contributed by atoms with Crippen LogP contribution in [0.1, 0.15) is 5.76 Å². The SMILES string of the molecule is O=c1[nH]c(O)c(Cn2cc(I)cn2)o1. The first-order valence-corrected chi connectivity index (χ1v) is 4.82. The molecule has 0 aliphatic heterocycles. The lowest BCUT2D eigenvalue weighted by molar-refractivity contribution is 0.407. The smallest absolute Gasteiger partial charge is 0.419 e. The van der Waals surface area contributed by atoms with Gasteiger partial charge in [0.1, 0.15) is 6.54 Å². The molecule has 2 aromatic rings. The third-order valence-electron chi connectivity index (χ3n) is 1.61. The van der Waals surface area contributed by atoms with Crippen LogP contribution in [0, 0.1) is 3.57 Å². The fourth-order valence-corrected chi connectivity index (χ4v) is 1.48. The van der Waals surface area contributed by atoms with Crippen molar-refractivity contribution in [3.63, 3.8) is 0 Å². The van der Waals surface area contributed by atoms with Crippen molar-refractivity contribution in [2.24, 2.45) is 0 Å². The predicted molar refractivity (Wildman–Crippen MR) is 55.0 cm³/mol. The second-order valence-corrected chi connectivity index (χ2v) is 3.89. The third-order valence-corrected chi connectivity index (χ3v) is 2.16. The van der Waals surface area contributed by atoms with Crippen LogP contribution in [0.15, 0.2) is 21.6 Å². The number of hydrogen-bond donors (Lipinski definition) is 2. The summed E-state index contributed by atoms with van der Waals surface area (Å²) < 4.78 is 7.24. The Bertz CT molecular complexity index is 498. The molecule has 0 saturated carbocycles. The van der Waals surface area contributed by atoms with E-state index in [1.54, 1.807) is 17.1 Å². The quantitative estimate of drug-likeness (QED) is 0.792. The second kappa shape index (κ2) is 3.48. The molecule has 2 rings (SSSR count). The van der Waals surface area contributed by atoms with Crippen LogP contribution in [-0.2, 0) is 6.54 Å². The highest BCUT2D eigenvalue weighted by Gasteiger charge is 2.09. The first-order valence-electron chi connectivity index (χ1n) is 3.74. The van der Waals surface area contributed by atoms with Crippen molar-refractivity contribution in [2.45, 2.75) is 6.54 Å². The van der Waals surface area contributed by atoms with Gasteiger partial charge in [-0.1, -0.05) is 0 Å².